The highest BCUT2D eigenvalue weighted by molar-refractivity contribution is 7.86. The lowest BCUT2D eigenvalue weighted by molar-refractivity contribution is -0.0337. The molecule has 1 heterocycles. The van der Waals surface area contributed by atoms with Crippen LogP contribution in [0, 0.1) is 13.8 Å². The van der Waals surface area contributed by atoms with E-state index in [-0.39, 0.29) is 16.2 Å². The molecular formula is C17H18N2O6S. The number of aromatic nitrogens is 1. The second-order valence-corrected chi connectivity index (χ2v) is 7.04. The normalized spacial score (nSPS) is 12.9. The monoisotopic (exact) mass is 378 g/mol. The SMILES string of the molecule is Cc1ccc(S(=O)(=O)OC(C)OC(=O)c2ccc(C)nc2C=NO)cc1. The zero-order chi connectivity index (χ0) is 19.3. The first-order valence-electron chi connectivity index (χ1n) is 7.59. The van der Waals surface area contributed by atoms with Gasteiger partial charge in [0.2, 0.25) is 6.29 Å². The predicted molar refractivity (Wildman–Crippen MR) is 92.7 cm³/mol. The maximum atomic E-state index is 12.2. The standard InChI is InChI=1S/C17H18N2O6S/c1-11-4-7-14(8-5-11)26(22,23)25-13(3)24-17(20)15-9-6-12(2)19-16(15)10-18-21/h4-10,13,21H,1-3H3. The number of carbonyl (C=O) groups excluding carboxylic acids is 1. The Morgan fingerprint density at radius 3 is 2.46 bits per heavy atom. The molecule has 2 aromatic rings. The Kier molecular flexibility index (Phi) is 6.06. The molecule has 9 heteroatoms. The number of nitrogens with zero attached hydrogens (tertiary/aromatic N) is 2. The fraction of sp³-hybridized carbons (Fsp3) is 0.235. The maximum Gasteiger partial charge on any atom is 0.342 e. The maximum absolute atomic E-state index is 12.2. The van der Waals surface area contributed by atoms with E-state index in [2.05, 4.69) is 10.1 Å². The molecule has 0 aliphatic carbocycles. The molecule has 1 atom stereocenters. The van der Waals surface area contributed by atoms with Crippen molar-refractivity contribution in [2.45, 2.75) is 32.0 Å². The molecule has 2 rings (SSSR count). The van der Waals surface area contributed by atoms with Crippen molar-refractivity contribution in [2.24, 2.45) is 5.16 Å². The zero-order valence-electron chi connectivity index (χ0n) is 14.4. The molecule has 1 aromatic heterocycles. The lowest BCUT2D eigenvalue weighted by Crippen LogP contribution is -2.23. The molecule has 0 spiro atoms. The van der Waals surface area contributed by atoms with Crippen LogP contribution < -0.4 is 0 Å². The topological polar surface area (TPSA) is 115 Å². The van der Waals surface area contributed by atoms with Crippen LogP contribution in [-0.2, 0) is 19.0 Å². The van der Waals surface area contributed by atoms with Crippen molar-refractivity contribution in [1.29, 1.82) is 0 Å². The summed E-state index contributed by atoms with van der Waals surface area (Å²) in [4.78, 5) is 16.3. The minimum absolute atomic E-state index is 0.0107. The van der Waals surface area contributed by atoms with E-state index in [9.17, 15) is 13.2 Å². The van der Waals surface area contributed by atoms with Crippen molar-refractivity contribution >= 4 is 22.3 Å². The lowest BCUT2D eigenvalue weighted by atomic mass is 10.2. The van der Waals surface area contributed by atoms with Crippen molar-refractivity contribution in [1.82, 2.24) is 4.98 Å². The average Bonchev–Trinajstić information content (AvgIpc) is 2.55. The Labute approximate surface area is 151 Å². The van der Waals surface area contributed by atoms with Crippen molar-refractivity contribution in [3.63, 3.8) is 0 Å². The zero-order valence-corrected chi connectivity index (χ0v) is 15.2. The summed E-state index contributed by atoms with van der Waals surface area (Å²) in [5.74, 6) is -0.862. The molecule has 0 aliphatic rings. The second-order valence-electron chi connectivity index (χ2n) is 5.47. The molecule has 26 heavy (non-hydrogen) atoms. The summed E-state index contributed by atoms with van der Waals surface area (Å²) in [5.41, 5.74) is 1.60. The molecule has 138 valence electrons. The van der Waals surface area contributed by atoms with Gasteiger partial charge in [-0.3, -0.25) is 4.98 Å². The van der Waals surface area contributed by atoms with E-state index in [0.29, 0.717) is 5.69 Å². The van der Waals surface area contributed by atoms with Crippen LogP contribution in [0.2, 0.25) is 0 Å². The highest BCUT2D eigenvalue weighted by Crippen LogP contribution is 2.17. The van der Waals surface area contributed by atoms with E-state index < -0.39 is 22.4 Å². The fourth-order valence-electron chi connectivity index (χ4n) is 2.08. The number of aryl methyl sites for hydroxylation is 2. The van der Waals surface area contributed by atoms with Crippen molar-refractivity contribution in [3.05, 3.63) is 58.9 Å². The van der Waals surface area contributed by atoms with E-state index >= 15 is 0 Å². The Hall–Kier alpha value is -2.78. The molecule has 1 aromatic carbocycles. The van der Waals surface area contributed by atoms with Gasteiger partial charge in [0.15, 0.2) is 0 Å². The van der Waals surface area contributed by atoms with Gasteiger partial charge in [-0.05, 0) is 45.0 Å². The lowest BCUT2D eigenvalue weighted by Gasteiger charge is -2.15. The summed E-state index contributed by atoms with van der Waals surface area (Å²) < 4.78 is 34.3. The van der Waals surface area contributed by atoms with Crippen LogP contribution in [0.25, 0.3) is 0 Å². The largest absolute Gasteiger partial charge is 0.431 e. The van der Waals surface area contributed by atoms with E-state index in [4.69, 9.17) is 14.1 Å². The number of hydrogen-bond acceptors (Lipinski definition) is 8. The van der Waals surface area contributed by atoms with Gasteiger partial charge in [0.05, 0.1) is 22.4 Å². The Balaban J connectivity index is 2.13. The average molecular weight is 378 g/mol. The van der Waals surface area contributed by atoms with E-state index in [1.165, 1.54) is 25.1 Å². The number of pyridine rings is 1. The van der Waals surface area contributed by atoms with Crippen LogP contribution in [-0.4, -0.2) is 37.1 Å². The third-order valence-electron chi connectivity index (χ3n) is 3.31. The first kappa shape index (κ1) is 19.5. The Morgan fingerprint density at radius 2 is 1.85 bits per heavy atom. The molecule has 0 amide bonds. The number of hydrogen-bond donors (Lipinski definition) is 1. The predicted octanol–water partition coefficient (Wildman–Crippen LogP) is 2.41. The molecule has 0 radical (unpaired) electrons. The summed E-state index contributed by atoms with van der Waals surface area (Å²) in [5, 5.41) is 11.5. The van der Waals surface area contributed by atoms with Gasteiger partial charge in [-0.1, -0.05) is 22.9 Å². The smallest absolute Gasteiger partial charge is 0.342 e. The molecule has 8 nitrogen and oxygen atoms in total. The van der Waals surface area contributed by atoms with Crippen LogP contribution in [0.4, 0.5) is 0 Å². The molecule has 0 fully saturated rings. The number of ether oxygens (including phenoxy) is 1. The fourth-order valence-corrected chi connectivity index (χ4v) is 3.05. The number of benzene rings is 1. The summed E-state index contributed by atoms with van der Waals surface area (Å²) >= 11 is 0. The van der Waals surface area contributed by atoms with Crippen LogP contribution in [0.15, 0.2) is 46.4 Å². The minimum atomic E-state index is -4.09. The second kappa shape index (κ2) is 8.07. The van der Waals surface area contributed by atoms with Gasteiger partial charge in [0.1, 0.15) is 0 Å². The van der Waals surface area contributed by atoms with Crippen molar-refractivity contribution in [2.75, 3.05) is 0 Å². The molecule has 1 unspecified atom stereocenters. The van der Waals surface area contributed by atoms with Crippen LogP contribution >= 0.6 is 0 Å². The third kappa shape index (κ3) is 4.87. The van der Waals surface area contributed by atoms with Gasteiger partial charge in [-0.25, -0.2) is 8.98 Å². The highest BCUT2D eigenvalue weighted by atomic mass is 32.2. The third-order valence-corrected chi connectivity index (χ3v) is 4.68. The summed E-state index contributed by atoms with van der Waals surface area (Å²) in [6, 6.07) is 9.07. The first-order chi connectivity index (χ1) is 12.2. The quantitative estimate of drug-likeness (QED) is 0.205. The van der Waals surface area contributed by atoms with Crippen LogP contribution in [0.5, 0.6) is 0 Å². The highest BCUT2D eigenvalue weighted by Gasteiger charge is 2.23. The van der Waals surface area contributed by atoms with Crippen LogP contribution in [0.1, 0.15) is 34.2 Å². The van der Waals surface area contributed by atoms with E-state index in [1.54, 1.807) is 25.1 Å². The number of oxime groups is 1. The molecule has 0 bridgehead atoms. The van der Waals surface area contributed by atoms with Crippen LogP contribution in [0.3, 0.4) is 0 Å². The van der Waals surface area contributed by atoms with E-state index in [1.807, 2.05) is 6.92 Å². The summed E-state index contributed by atoms with van der Waals surface area (Å²) in [6.45, 7) is 4.80. The van der Waals surface area contributed by atoms with Gasteiger partial charge in [-0.2, -0.15) is 8.42 Å². The van der Waals surface area contributed by atoms with Crippen molar-refractivity contribution in [3.8, 4) is 0 Å². The van der Waals surface area contributed by atoms with Gasteiger partial charge in [0, 0.05) is 5.69 Å². The van der Waals surface area contributed by atoms with E-state index in [0.717, 1.165) is 11.8 Å². The Morgan fingerprint density at radius 1 is 1.19 bits per heavy atom. The summed E-state index contributed by atoms with van der Waals surface area (Å²) in [7, 11) is -4.09. The van der Waals surface area contributed by atoms with Gasteiger partial charge in [-0.15, -0.1) is 0 Å². The molecule has 0 saturated carbocycles. The molecule has 1 N–H and O–H groups in total. The number of rotatable bonds is 6. The molecular weight excluding hydrogens is 360 g/mol. The van der Waals surface area contributed by atoms with Gasteiger partial charge in [0.25, 0.3) is 10.1 Å². The summed E-state index contributed by atoms with van der Waals surface area (Å²) in [6.07, 6.45) is -0.382. The van der Waals surface area contributed by atoms with Gasteiger partial charge >= 0.3 is 5.97 Å². The molecule has 0 aliphatic heterocycles. The number of esters is 1. The minimum Gasteiger partial charge on any atom is -0.431 e. The molecule has 0 saturated heterocycles. The first-order valence-corrected chi connectivity index (χ1v) is 9.00. The Bertz CT molecular complexity index is 923. The van der Waals surface area contributed by atoms with Gasteiger partial charge < -0.3 is 9.94 Å². The van der Waals surface area contributed by atoms with Crippen molar-refractivity contribution < 1.29 is 27.3 Å². The number of carbonyl (C=O) groups is 1.